The summed E-state index contributed by atoms with van der Waals surface area (Å²) < 4.78 is 11.1. The molecule has 2 saturated heterocycles. The molecule has 6 rings (SSSR count). The van der Waals surface area contributed by atoms with Crippen LogP contribution in [0.3, 0.4) is 0 Å². The molecule has 4 nitrogen and oxygen atoms in total. The Morgan fingerprint density at radius 3 is 2.85 bits per heavy atom. The molecule has 2 aliphatic heterocycles. The third kappa shape index (κ3) is 2.11. The Morgan fingerprint density at radius 1 is 1.26 bits per heavy atom. The second-order valence-electron chi connectivity index (χ2n) is 9.19. The summed E-state index contributed by atoms with van der Waals surface area (Å²) in [6.07, 6.45) is 8.26. The van der Waals surface area contributed by atoms with Crippen LogP contribution in [0.25, 0.3) is 0 Å². The maximum atomic E-state index is 12.8. The smallest absolute Gasteiger partial charge is 0.310 e. The van der Waals surface area contributed by atoms with Crippen LogP contribution < -0.4 is 4.74 Å². The second kappa shape index (κ2) is 5.97. The SMILES string of the molecule is CCOC(=O)C1C[C@@]23CCCC[C@]24CC1N(C)C3Cc1ccc(OC)cc14. The molecule has 0 aromatic heterocycles. The number of nitrogens with zero attached hydrogens (tertiary/aromatic N) is 1. The van der Waals surface area contributed by atoms with Crippen molar-refractivity contribution < 1.29 is 14.3 Å². The molecule has 27 heavy (non-hydrogen) atoms. The minimum absolute atomic E-state index is 0.0257. The maximum absolute atomic E-state index is 12.8. The first kappa shape index (κ1) is 17.5. The summed E-state index contributed by atoms with van der Waals surface area (Å²) in [4.78, 5) is 15.4. The van der Waals surface area contributed by atoms with Crippen LogP contribution in [0.5, 0.6) is 5.75 Å². The minimum atomic E-state index is 0.0257. The van der Waals surface area contributed by atoms with Gasteiger partial charge in [-0.3, -0.25) is 9.69 Å². The molecule has 5 atom stereocenters. The van der Waals surface area contributed by atoms with Crippen molar-refractivity contribution in [3.63, 3.8) is 0 Å². The molecule has 146 valence electrons. The lowest BCUT2D eigenvalue weighted by atomic mass is 9.37. The maximum Gasteiger partial charge on any atom is 0.310 e. The lowest BCUT2D eigenvalue weighted by Gasteiger charge is -2.72. The van der Waals surface area contributed by atoms with Crippen LogP contribution in [0.15, 0.2) is 18.2 Å². The van der Waals surface area contributed by atoms with Gasteiger partial charge in [-0.05, 0) is 74.8 Å². The van der Waals surface area contributed by atoms with Crippen LogP contribution in [-0.2, 0) is 21.4 Å². The molecule has 0 amide bonds. The summed E-state index contributed by atoms with van der Waals surface area (Å²) >= 11 is 0. The molecule has 0 N–H and O–H groups in total. The van der Waals surface area contributed by atoms with Crippen molar-refractivity contribution in [2.45, 2.75) is 69.4 Å². The van der Waals surface area contributed by atoms with Gasteiger partial charge in [0.15, 0.2) is 0 Å². The molecule has 5 aliphatic rings. The number of carbonyl (C=O) groups excluding carboxylic acids is 1. The van der Waals surface area contributed by atoms with Crippen LogP contribution in [-0.4, -0.2) is 43.7 Å². The van der Waals surface area contributed by atoms with Crippen LogP contribution in [0, 0.1) is 11.3 Å². The van der Waals surface area contributed by atoms with Crippen LogP contribution in [0.4, 0.5) is 0 Å². The first-order chi connectivity index (χ1) is 13.1. The van der Waals surface area contributed by atoms with Gasteiger partial charge in [-0.25, -0.2) is 0 Å². The standard InChI is InChI=1S/C23H31NO3/c1-4-27-21(25)17-13-23-10-6-5-9-22(23)14-19(17)24(2)20(23)11-15-7-8-16(26-3)12-18(15)22/h7-8,12,17,19-20H,4-6,9-11,13-14H2,1-3H3/t17?,19?,20?,22-,23-/m1/s1. The minimum Gasteiger partial charge on any atom is -0.497 e. The van der Waals surface area contributed by atoms with Crippen LogP contribution >= 0.6 is 0 Å². The molecule has 2 saturated carbocycles. The molecule has 1 spiro atoms. The number of piperidine rings is 2. The number of methoxy groups -OCH3 is 1. The van der Waals surface area contributed by atoms with E-state index in [1.54, 1.807) is 7.11 Å². The fourth-order valence-corrected chi connectivity index (χ4v) is 7.51. The van der Waals surface area contributed by atoms with Gasteiger partial charge >= 0.3 is 5.97 Å². The Labute approximate surface area is 162 Å². The van der Waals surface area contributed by atoms with Gasteiger partial charge in [0.25, 0.3) is 0 Å². The highest BCUT2D eigenvalue weighted by molar-refractivity contribution is 5.74. The third-order valence-corrected chi connectivity index (χ3v) is 8.52. The zero-order valence-electron chi connectivity index (χ0n) is 16.8. The molecule has 2 heterocycles. The summed E-state index contributed by atoms with van der Waals surface area (Å²) in [5.74, 6) is 1.03. The Kier molecular flexibility index (Phi) is 3.88. The summed E-state index contributed by atoms with van der Waals surface area (Å²) in [6, 6.07) is 7.57. The number of fused-ring (bicyclic) bond motifs is 2. The fraction of sp³-hybridized carbons (Fsp3) is 0.696. The van der Waals surface area contributed by atoms with Crippen molar-refractivity contribution >= 4 is 5.97 Å². The highest BCUT2D eigenvalue weighted by Gasteiger charge is 2.70. The van der Waals surface area contributed by atoms with E-state index in [4.69, 9.17) is 9.47 Å². The van der Waals surface area contributed by atoms with E-state index in [2.05, 4.69) is 30.1 Å². The molecule has 1 aromatic rings. The summed E-state index contributed by atoms with van der Waals surface area (Å²) in [5.41, 5.74) is 3.43. The summed E-state index contributed by atoms with van der Waals surface area (Å²) in [5, 5.41) is 0. The van der Waals surface area contributed by atoms with E-state index in [1.807, 2.05) is 6.92 Å². The van der Waals surface area contributed by atoms with Crippen molar-refractivity contribution in [2.75, 3.05) is 20.8 Å². The lowest BCUT2D eigenvalue weighted by Crippen LogP contribution is -2.75. The largest absolute Gasteiger partial charge is 0.497 e. The van der Waals surface area contributed by atoms with Crippen molar-refractivity contribution in [3.05, 3.63) is 29.3 Å². The van der Waals surface area contributed by atoms with Crippen molar-refractivity contribution in [2.24, 2.45) is 11.3 Å². The molecule has 0 radical (unpaired) electrons. The Bertz CT molecular complexity index is 777. The van der Waals surface area contributed by atoms with Gasteiger partial charge in [0, 0.05) is 17.5 Å². The van der Waals surface area contributed by atoms with Gasteiger partial charge in [-0.1, -0.05) is 18.9 Å². The van der Waals surface area contributed by atoms with Gasteiger partial charge in [-0.15, -0.1) is 0 Å². The number of esters is 1. The second-order valence-corrected chi connectivity index (χ2v) is 9.19. The summed E-state index contributed by atoms with van der Waals surface area (Å²) in [7, 11) is 4.02. The van der Waals surface area contributed by atoms with E-state index in [1.165, 1.54) is 36.8 Å². The number of hydrogen-bond donors (Lipinski definition) is 0. The number of rotatable bonds is 3. The van der Waals surface area contributed by atoms with Crippen molar-refractivity contribution in [1.82, 2.24) is 4.90 Å². The van der Waals surface area contributed by atoms with E-state index in [0.717, 1.165) is 25.0 Å². The molecule has 3 unspecified atom stereocenters. The molecule has 4 heteroatoms. The average Bonchev–Trinajstić information content (AvgIpc) is 2.69. The zero-order valence-corrected chi connectivity index (χ0v) is 16.8. The van der Waals surface area contributed by atoms with E-state index >= 15 is 0 Å². The van der Waals surface area contributed by atoms with Crippen molar-refractivity contribution in [1.29, 1.82) is 0 Å². The van der Waals surface area contributed by atoms with Gasteiger partial charge in [-0.2, -0.15) is 0 Å². The predicted octanol–water partition coefficient (Wildman–Crippen LogP) is 3.71. The Hall–Kier alpha value is -1.55. The third-order valence-electron chi connectivity index (χ3n) is 8.52. The molecule has 3 aliphatic carbocycles. The lowest BCUT2D eigenvalue weighted by molar-refractivity contribution is -0.197. The van der Waals surface area contributed by atoms with Crippen molar-refractivity contribution in [3.8, 4) is 5.75 Å². The predicted molar refractivity (Wildman–Crippen MR) is 104 cm³/mol. The number of likely N-dealkylation sites (N-methyl/N-ethyl adjacent to an activating group) is 1. The highest BCUT2D eigenvalue weighted by atomic mass is 16.5. The van der Waals surface area contributed by atoms with E-state index < -0.39 is 0 Å². The first-order valence-electron chi connectivity index (χ1n) is 10.6. The van der Waals surface area contributed by atoms with Crippen LogP contribution in [0.1, 0.15) is 56.6 Å². The van der Waals surface area contributed by atoms with Gasteiger partial charge in [0.05, 0.1) is 19.6 Å². The van der Waals surface area contributed by atoms with Gasteiger partial charge in [0.1, 0.15) is 5.75 Å². The Morgan fingerprint density at radius 2 is 2.07 bits per heavy atom. The molecule has 1 aromatic carbocycles. The van der Waals surface area contributed by atoms with Crippen LogP contribution in [0.2, 0.25) is 0 Å². The topological polar surface area (TPSA) is 38.8 Å². The first-order valence-corrected chi connectivity index (χ1v) is 10.6. The monoisotopic (exact) mass is 369 g/mol. The summed E-state index contributed by atoms with van der Waals surface area (Å²) in [6.45, 7) is 2.40. The number of hydrogen-bond acceptors (Lipinski definition) is 4. The Balaban J connectivity index is 1.66. The van der Waals surface area contributed by atoms with Gasteiger partial charge < -0.3 is 9.47 Å². The van der Waals surface area contributed by atoms with E-state index in [0.29, 0.717) is 18.7 Å². The number of benzene rings is 1. The average molecular weight is 370 g/mol. The fourth-order valence-electron chi connectivity index (χ4n) is 7.51. The van der Waals surface area contributed by atoms with E-state index in [-0.39, 0.29) is 22.7 Å². The normalized spacial score (nSPS) is 39.4. The zero-order chi connectivity index (χ0) is 18.8. The number of carbonyl (C=O) groups is 1. The van der Waals surface area contributed by atoms with E-state index in [9.17, 15) is 4.79 Å². The highest BCUT2D eigenvalue weighted by Crippen LogP contribution is 2.70. The molecule has 4 fully saturated rings. The van der Waals surface area contributed by atoms with Gasteiger partial charge in [0.2, 0.25) is 0 Å². The molecule has 4 bridgehead atoms. The molecular formula is C23H31NO3. The molecular weight excluding hydrogens is 338 g/mol. The number of ether oxygens (including phenoxy) is 2. The quantitative estimate of drug-likeness (QED) is 0.762.